The van der Waals surface area contributed by atoms with Gasteiger partial charge in [-0.15, -0.1) is 0 Å². The molecule has 0 aliphatic carbocycles. The van der Waals surface area contributed by atoms with Gasteiger partial charge in [-0.1, -0.05) is 0 Å². The van der Waals surface area contributed by atoms with E-state index in [1.54, 1.807) is 13.8 Å². The van der Waals surface area contributed by atoms with Gasteiger partial charge >= 0.3 is 0 Å². The second-order valence-electron chi connectivity index (χ2n) is 3.85. The molecular formula is C10H13NO4. The fraction of sp³-hybridized carbons (Fsp3) is 0.400. The van der Waals surface area contributed by atoms with Crippen LogP contribution >= 0.6 is 0 Å². The summed E-state index contributed by atoms with van der Waals surface area (Å²) in [4.78, 5) is 9.88. The first-order valence-corrected chi connectivity index (χ1v) is 4.48. The van der Waals surface area contributed by atoms with Gasteiger partial charge in [0.05, 0.1) is 10.5 Å². The average Bonchev–Trinajstić information content (AvgIpc) is 2.14. The van der Waals surface area contributed by atoms with Gasteiger partial charge in [-0.05, 0) is 26.0 Å². The third-order valence-corrected chi connectivity index (χ3v) is 1.64. The molecule has 1 aromatic rings. The normalized spacial score (nSPS) is 11.1. The second kappa shape index (κ2) is 4.27. The molecule has 0 radical (unpaired) electrons. The van der Waals surface area contributed by atoms with Gasteiger partial charge < -0.3 is 9.84 Å². The first-order chi connectivity index (χ1) is 6.88. The molecule has 15 heavy (non-hydrogen) atoms. The number of hydrogen-bond acceptors (Lipinski definition) is 4. The molecule has 0 spiro atoms. The van der Waals surface area contributed by atoms with Crippen molar-refractivity contribution in [2.24, 2.45) is 0 Å². The highest BCUT2D eigenvalue weighted by Crippen LogP contribution is 2.18. The third kappa shape index (κ3) is 3.95. The molecule has 5 nitrogen and oxygen atoms in total. The predicted molar refractivity (Wildman–Crippen MR) is 54.9 cm³/mol. The van der Waals surface area contributed by atoms with Gasteiger partial charge in [-0.3, -0.25) is 10.1 Å². The molecular weight excluding hydrogens is 198 g/mol. The summed E-state index contributed by atoms with van der Waals surface area (Å²) < 4.78 is 5.23. The number of ether oxygens (including phenoxy) is 1. The van der Waals surface area contributed by atoms with Crippen molar-refractivity contribution in [3.05, 3.63) is 34.4 Å². The van der Waals surface area contributed by atoms with E-state index in [4.69, 9.17) is 4.74 Å². The molecule has 5 heteroatoms. The number of rotatable bonds is 4. The molecule has 0 bridgehead atoms. The Morgan fingerprint density at radius 3 is 2.33 bits per heavy atom. The quantitative estimate of drug-likeness (QED) is 0.608. The predicted octanol–water partition coefficient (Wildman–Crippen LogP) is 1.74. The largest absolute Gasteiger partial charge is 0.491 e. The minimum atomic E-state index is -0.915. The zero-order valence-corrected chi connectivity index (χ0v) is 8.64. The number of nitro benzene ring substituents is 1. The molecule has 0 unspecified atom stereocenters. The SMILES string of the molecule is CC(C)(O)COc1ccc([N+](=O)[O-])cc1. The molecule has 0 saturated carbocycles. The van der Waals surface area contributed by atoms with Crippen LogP contribution in [0, 0.1) is 10.1 Å². The van der Waals surface area contributed by atoms with Crippen molar-refractivity contribution >= 4 is 5.69 Å². The van der Waals surface area contributed by atoms with Crippen LogP contribution in [-0.2, 0) is 0 Å². The number of nitrogens with zero attached hydrogens (tertiary/aromatic N) is 1. The molecule has 0 aliphatic heterocycles. The summed E-state index contributed by atoms with van der Waals surface area (Å²) in [5, 5.41) is 19.7. The monoisotopic (exact) mass is 211 g/mol. The topological polar surface area (TPSA) is 72.6 Å². The second-order valence-corrected chi connectivity index (χ2v) is 3.85. The van der Waals surface area contributed by atoms with Crippen LogP contribution < -0.4 is 4.74 Å². The van der Waals surface area contributed by atoms with Crippen molar-refractivity contribution in [2.45, 2.75) is 19.4 Å². The van der Waals surface area contributed by atoms with Crippen LogP contribution in [0.5, 0.6) is 5.75 Å². The first-order valence-electron chi connectivity index (χ1n) is 4.48. The summed E-state index contributed by atoms with van der Waals surface area (Å²) in [5.41, 5.74) is -0.896. The molecule has 0 aromatic heterocycles. The maximum atomic E-state index is 10.4. The Balaban J connectivity index is 2.61. The summed E-state index contributed by atoms with van der Waals surface area (Å²) in [7, 11) is 0. The summed E-state index contributed by atoms with van der Waals surface area (Å²) in [6.07, 6.45) is 0. The zero-order valence-electron chi connectivity index (χ0n) is 8.64. The van der Waals surface area contributed by atoms with Crippen molar-refractivity contribution in [1.29, 1.82) is 0 Å². The van der Waals surface area contributed by atoms with Crippen molar-refractivity contribution in [1.82, 2.24) is 0 Å². The van der Waals surface area contributed by atoms with Gasteiger partial charge in [-0.25, -0.2) is 0 Å². The standard InChI is InChI=1S/C10H13NO4/c1-10(2,12)7-15-9-5-3-8(4-6-9)11(13)14/h3-6,12H,7H2,1-2H3. The number of aliphatic hydroxyl groups is 1. The van der Waals surface area contributed by atoms with E-state index in [2.05, 4.69) is 0 Å². The Morgan fingerprint density at radius 1 is 1.40 bits per heavy atom. The van der Waals surface area contributed by atoms with Crippen molar-refractivity contribution < 1.29 is 14.8 Å². The lowest BCUT2D eigenvalue weighted by Crippen LogP contribution is -2.27. The Hall–Kier alpha value is -1.62. The fourth-order valence-corrected chi connectivity index (χ4v) is 0.924. The lowest BCUT2D eigenvalue weighted by Gasteiger charge is -2.17. The van der Waals surface area contributed by atoms with Crippen LogP contribution in [0.15, 0.2) is 24.3 Å². The highest BCUT2D eigenvalue weighted by Gasteiger charge is 2.13. The van der Waals surface area contributed by atoms with Crippen LogP contribution in [0.3, 0.4) is 0 Å². The van der Waals surface area contributed by atoms with Crippen molar-refractivity contribution in [3.63, 3.8) is 0 Å². The van der Waals surface area contributed by atoms with E-state index in [1.165, 1.54) is 24.3 Å². The lowest BCUT2D eigenvalue weighted by atomic mass is 10.2. The zero-order chi connectivity index (χ0) is 11.5. The number of nitro groups is 1. The van der Waals surface area contributed by atoms with E-state index < -0.39 is 10.5 Å². The molecule has 0 aliphatic rings. The highest BCUT2D eigenvalue weighted by molar-refractivity contribution is 5.35. The van der Waals surface area contributed by atoms with Crippen LogP contribution in [-0.4, -0.2) is 22.2 Å². The van der Waals surface area contributed by atoms with Crippen LogP contribution in [0.1, 0.15) is 13.8 Å². The van der Waals surface area contributed by atoms with E-state index in [-0.39, 0.29) is 12.3 Å². The van der Waals surface area contributed by atoms with E-state index >= 15 is 0 Å². The number of hydrogen-bond donors (Lipinski definition) is 1. The third-order valence-electron chi connectivity index (χ3n) is 1.64. The molecule has 0 heterocycles. The summed E-state index contributed by atoms with van der Waals surface area (Å²) >= 11 is 0. The minimum Gasteiger partial charge on any atom is -0.491 e. The van der Waals surface area contributed by atoms with E-state index in [1.807, 2.05) is 0 Å². The van der Waals surface area contributed by atoms with Gasteiger partial charge in [0.2, 0.25) is 0 Å². The van der Waals surface area contributed by atoms with Crippen LogP contribution in [0.4, 0.5) is 5.69 Å². The van der Waals surface area contributed by atoms with Gasteiger partial charge in [0.25, 0.3) is 5.69 Å². The fourth-order valence-electron chi connectivity index (χ4n) is 0.924. The molecule has 0 fully saturated rings. The molecule has 1 N–H and O–H groups in total. The van der Waals surface area contributed by atoms with Crippen LogP contribution in [0.2, 0.25) is 0 Å². The number of benzene rings is 1. The van der Waals surface area contributed by atoms with E-state index in [0.29, 0.717) is 5.75 Å². The Labute approximate surface area is 87.5 Å². The smallest absolute Gasteiger partial charge is 0.269 e. The van der Waals surface area contributed by atoms with Crippen LogP contribution in [0.25, 0.3) is 0 Å². The lowest BCUT2D eigenvalue weighted by molar-refractivity contribution is -0.384. The minimum absolute atomic E-state index is 0.0191. The maximum Gasteiger partial charge on any atom is 0.269 e. The van der Waals surface area contributed by atoms with Gasteiger partial charge in [0.1, 0.15) is 12.4 Å². The van der Waals surface area contributed by atoms with Gasteiger partial charge in [0.15, 0.2) is 0 Å². The summed E-state index contributed by atoms with van der Waals surface area (Å²) in [5.74, 6) is 0.503. The molecule has 0 saturated heterocycles. The molecule has 82 valence electrons. The molecule has 0 amide bonds. The van der Waals surface area contributed by atoms with Gasteiger partial charge in [-0.2, -0.15) is 0 Å². The number of non-ortho nitro benzene ring substituents is 1. The van der Waals surface area contributed by atoms with E-state index in [0.717, 1.165) is 0 Å². The summed E-state index contributed by atoms with van der Waals surface area (Å²) in [6.45, 7) is 3.39. The Kier molecular flexibility index (Phi) is 3.26. The van der Waals surface area contributed by atoms with Crippen molar-refractivity contribution in [3.8, 4) is 5.75 Å². The highest BCUT2D eigenvalue weighted by atomic mass is 16.6. The first kappa shape index (κ1) is 11.5. The molecule has 0 atom stereocenters. The van der Waals surface area contributed by atoms with E-state index in [9.17, 15) is 15.2 Å². The molecule has 1 aromatic carbocycles. The Morgan fingerprint density at radius 2 is 1.93 bits per heavy atom. The maximum absolute atomic E-state index is 10.4. The summed E-state index contributed by atoms with van der Waals surface area (Å²) in [6, 6.07) is 5.73. The Bertz CT molecular complexity index is 339. The van der Waals surface area contributed by atoms with Gasteiger partial charge in [0, 0.05) is 12.1 Å². The van der Waals surface area contributed by atoms with Crippen molar-refractivity contribution in [2.75, 3.05) is 6.61 Å². The molecule has 1 rings (SSSR count). The average molecular weight is 211 g/mol.